The van der Waals surface area contributed by atoms with Crippen molar-refractivity contribution < 1.29 is 4.74 Å². The molecule has 0 bridgehead atoms. The minimum atomic E-state index is 0.323. The van der Waals surface area contributed by atoms with Crippen molar-refractivity contribution in [1.29, 1.82) is 0 Å². The molecule has 0 saturated heterocycles. The lowest BCUT2D eigenvalue weighted by Gasteiger charge is -2.08. The maximum Gasteiger partial charge on any atom is 0.321 e. The molecule has 20 heavy (non-hydrogen) atoms. The van der Waals surface area contributed by atoms with Crippen molar-refractivity contribution in [2.75, 3.05) is 19.0 Å². The smallest absolute Gasteiger partial charge is 0.321 e. The molecule has 1 heterocycles. The maximum absolute atomic E-state index is 5.12. The Hall–Kier alpha value is -1.82. The van der Waals surface area contributed by atoms with Crippen LogP contribution in [0.5, 0.6) is 6.01 Å². The van der Waals surface area contributed by atoms with Crippen molar-refractivity contribution in [2.24, 2.45) is 0 Å². The number of hydrogen-bond acceptors (Lipinski definition) is 6. The first-order valence-electron chi connectivity index (χ1n) is 6.41. The van der Waals surface area contributed by atoms with Crippen molar-refractivity contribution in [3.8, 4) is 6.01 Å². The van der Waals surface area contributed by atoms with E-state index in [9.17, 15) is 0 Å². The van der Waals surface area contributed by atoms with E-state index < -0.39 is 0 Å². The normalized spacial score (nSPS) is 10.4. The van der Waals surface area contributed by atoms with Gasteiger partial charge >= 0.3 is 6.01 Å². The molecule has 0 saturated carbocycles. The zero-order valence-corrected chi connectivity index (χ0v) is 12.9. The predicted octanol–water partition coefficient (Wildman–Crippen LogP) is 3.08. The van der Waals surface area contributed by atoms with E-state index in [0.29, 0.717) is 17.1 Å². The number of aryl methyl sites for hydroxylation is 2. The van der Waals surface area contributed by atoms with Crippen molar-refractivity contribution in [2.45, 2.75) is 30.8 Å². The fraction of sp³-hybridized carbons (Fsp3) is 0.357. The van der Waals surface area contributed by atoms with Gasteiger partial charge in [0.2, 0.25) is 11.1 Å². The molecule has 0 spiro atoms. The average Bonchev–Trinajstić information content (AvgIpc) is 2.43. The highest BCUT2D eigenvalue weighted by atomic mass is 32.2. The molecule has 2 rings (SSSR count). The Balaban J connectivity index is 2.32. The molecule has 1 aromatic heterocycles. The monoisotopic (exact) mass is 290 g/mol. The number of aromatic nitrogens is 3. The van der Waals surface area contributed by atoms with Crippen LogP contribution in [0.25, 0.3) is 0 Å². The third-order valence-corrected chi connectivity index (χ3v) is 3.68. The van der Waals surface area contributed by atoms with E-state index in [0.717, 1.165) is 11.4 Å². The summed E-state index contributed by atoms with van der Waals surface area (Å²) < 4.78 is 5.12. The molecule has 0 atom stereocenters. The number of nitrogens with zero attached hydrogens (tertiary/aromatic N) is 3. The Morgan fingerprint density at radius 3 is 2.70 bits per heavy atom. The summed E-state index contributed by atoms with van der Waals surface area (Å²) in [7, 11) is 1.55. The summed E-state index contributed by atoms with van der Waals surface area (Å²) in [6, 6.07) is 6.64. The molecule has 106 valence electrons. The van der Waals surface area contributed by atoms with Crippen LogP contribution in [0.3, 0.4) is 0 Å². The van der Waals surface area contributed by atoms with E-state index in [1.165, 1.54) is 22.9 Å². The highest BCUT2D eigenvalue weighted by Gasteiger charge is 2.09. The fourth-order valence-electron chi connectivity index (χ4n) is 1.63. The summed E-state index contributed by atoms with van der Waals surface area (Å²) in [6.45, 7) is 6.89. The lowest BCUT2D eigenvalue weighted by atomic mass is 10.2. The summed E-state index contributed by atoms with van der Waals surface area (Å²) in [5, 5.41) is 3.71. The number of nitrogens with one attached hydrogen (secondary N) is 1. The number of rotatable bonds is 5. The molecular formula is C14H18N4OS. The SMILES string of the molecule is CCNc1nc(OC)nc(Sc2cc(C)ccc2C)n1. The van der Waals surface area contributed by atoms with Gasteiger partial charge in [-0.1, -0.05) is 12.1 Å². The Labute approximate surface area is 123 Å². The fourth-order valence-corrected chi connectivity index (χ4v) is 2.55. The Morgan fingerprint density at radius 1 is 1.20 bits per heavy atom. The minimum Gasteiger partial charge on any atom is -0.467 e. The Morgan fingerprint density at radius 2 is 2.00 bits per heavy atom. The Kier molecular flexibility index (Phi) is 4.79. The topological polar surface area (TPSA) is 59.9 Å². The second kappa shape index (κ2) is 6.56. The summed E-state index contributed by atoms with van der Waals surface area (Å²) in [6.07, 6.45) is 0. The summed E-state index contributed by atoms with van der Waals surface area (Å²) in [5.41, 5.74) is 2.41. The van der Waals surface area contributed by atoms with E-state index in [1.807, 2.05) is 6.92 Å². The van der Waals surface area contributed by atoms with Gasteiger partial charge in [0.15, 0.2) is 0 Å². The third-order valence-electron chi connectivity index (χ3n) is 2.66. The molecule has 0 unspecified atom stereocenters. The van der Waals surface area contributed by atoms with Crippen LogP contribution in [0.1, 0.15) is 18.1 Å². The summed E-state index contributed by atoms with van der Waals surface area (Å²) >= 11 is 1.52. The molecule has 0 radical (unpaired) electrons. The van der Waals surface area contributed by atoms with Gasteiger partial charge < -0.3 is 10.1 Å². The average molecular weight is 290 g/mol. The standard InChI is InChI=1S/C14H18N4OS/c1-5-15-12-16-13(19-4)18-14(17-12)20-11-8-9(2)6-7-10(11)3/h6-8H,5H2,1-4H3,(H,15,16,17,18). The molecule has 5 nitrogen and oxygen atoms in total. The van der Waals surface area contributed by atoms with Crippen LogP contribution < -0.4 is 10.1 Å². The molecule has 0 aliphatic rings. The van der Waals surface area contributed by atoms with Gasteiger partial charge in [-0.3, -0.25) is 0 Å². The van der Waals surface area contributed by atoms with Gasteiger partial charge in [0, 0.05) is 11.4 Å². The van der Waals surface area contributed by atoms with E-state index in [4.69, 9.17) is 4.74 Å². The van der Waals surface area contributed by atoms with Gasteiger partial charge in [-0.05, 0) is 49.7 Å². The van der Waals surface area contributed by atoms with Gasteiger partial charge in [0.1, 0.15) is 0 Å². The van der Waals surface area contributed by atoms with Crippen molar-refractivity contribution in [1.82, 2.24) is 15.0 Å². The first-order chi connectivity index (χ1) is 9.62. The first kappa shape index (κ1) is 14.6. The van der Waals surface area contributed by atoms with Crippen molar-refractivity contribution >= 4 is 17.7 Å². The van der Waals surface area contributed by atoms with E-state index in [2.05, 4.69) is 52.3 Å². The maximum atomic E-state index is 5.12. The molecule has 0 aliphatic heterocycles. The molecule has 1 N–H and O–H groups in total. The number of hydrogen-bond donors (Lipinski definition) is 1. The van der Waals surface area contributed by atoms with Crippen LogP contribution in [0.4, 0.5) is 5.95 Å². The van der Waals surface area contributed by atoms with Crippen molar-refractivity contribution in [3.63, 3.8) is 0 Å². The third kappa shape index (κ3) is 3.60. The minimum absolute atomic E-state index is 0.323. The Bertz CT molecular complexity index is 604. The van der Waals surface area contributed by atoms with Gasteiger partial charge in [-0.25, -0.2) is 0 Å². The van der Waals surface area contributed by atoms with Gasteiger partial charge in [0.05, 0.1) is 7.11 Å². The van der Waals surface area contributed by atoms with Crippen LogP contribution in [0.15, 0.2) is 28.3 Å². The number of anilines is 1. The second-order valence-electron chi connectivity index (χ2n) is 4.33. The van der Waals surface area contributed by atoms with E-state index >= 15 is 0 Å². The molecule has 0 fully saturated rings. The number of ether oxygens (including phenoxy) is 1. The second-order valence-corrected chi connectivity index (χ2v) is 5.34. The number of methoxy groups -OCH3 is 1. The lowest BCUT2D eigenvalue weighted by Crippen LogP contribution is -2.06. The highest BCUT2D eigenvalue weighted by molar-refractivity contribution is 7.99. The summed E-state index contributed by atoms with van der Waals surface area (Å²) in [5.74, 6) is 0.534. The summed E-state index contributed by atoms with van der Waals surface area (Å²) in [4.78, 5) is 14.0. The largest absolute Gasteiger partial charge is 0.467 e. The van der Waals surface area contributed by atoms with Crippen LogP contribution in [-0.4, -0.2) is 28.6 Å². The van der Waals surface area contributed by atoms with Gasteiger partial charge in [-0.15, -0.1) is 0 Å². The predicted molar refractivity (Wildman–Crippen MR) is 80.6 cm³/mol. The zero-order valence-electron chi connectivity index (χ0n) is 12.1. The zero-order chi connectivity index (χ0) is 14.5. The lowest BCUT2D eigenvalue weighted by molar-refractivity contribution is 0.373. The van der Waals surface area contributed by atoms with Crippen LogP contribution in [0.2, 0.25) is 0 Å². The van der Waals surface area contributed by atoms with Gasteiger partial charge in [0.25, 0.3) is 0 Å². The van der Waals surface area contributed by atoms with E-state index in [-0.39, 0.29) is 0 Å². The molecule has 1 aromatic carbocycles. The molecule has 6 heteroatoms. The first-order valence-corrected chi connectivity index (χ1v) is 7.23. The van der Waals surface area contributed by atoms with E-state index in [1.54, 1.807) is 7.11 Å². The van der Waals surface area contributed by atoms with Gasteiger partial charge in [-0.2, -0.15) is 15.0 Å². The quantitative estimate of drug-likeness (QED) is 0.913. The molecule has 0 amide bonds. The molecular weight excluding hydrogens is 272 g/mol. The van der Waals surface area contributed by atoms with Crippen LogP contribution in [0, 0.1) is 13.8 Å². The molecule has 0 aliphatic carbocycles. The van der Waals surface area contributed by atoms with Crippen LogP contribution >= 0.6 is 11.8 Å². The highest BCUT2D eigenvalue weighted by Crippen LogP contribution is 2.29. The number of benzene rings is 1. The molecule has 2 aromatic rings. The van der Waals surface area contributed by atoms with Crippen molar-refractivity contribution in [3.05, 3.63) is 29.3 Å². The van der Waals surface area contributed by atoms with Crippen LogP contribution in [-0.2, 0) is 0 Å².